The maximum atomic E-state index is 9.90. The quantitative estimate of drug-likeness (QED) is 0.102. The van der Waals surface area contributed by atoms with Crippen LogP contribution in [0.4, 0.5) is 5.82 Å². The predicted molar refractivity (Wildman–Crippen MR) is 119 cm³/mol. The molecule has 0 unspecified atom stereocenters. The van der Waals surface area contributed by atoms with Gasteiger partial charge in [0.25, 0.3) is 0 Å². The Balaban J connectivity index is 0. The zero-order valence-corrected chi connectivity index (χ0v) is 17.7. The van der Waals surface area contributed by atoms with Gasteiger partial charge in [0, 0.05) is 0 Å². The van der Waals surface area contributed by atoms with Gasteiger partial charge in [0.05, 0.1) is 26.1 Å². The summed E-state index contributed by atoms with van der Waals surface area (Å²) in [4.78, 5) is 24.3. The van der Waals surface area contributed by atoms with Gasteiger partial charge >= 0.3 is 29.6 Å². The Morgan fingerprint density at radius 3 is 1.57 bits per heavy atom. The number of hydrogen-bond donors (Lipinski definition) is 13. The van der Waals surface area contributed by atoms with Crippen molar-refractivity contribution in [2.45, 2.75) is 48.8 Å². The molecule has 2 heterocycles. The van der Waals surface area contributed by atoms with Gasteiger partial charge in [0.2, 0.25) is 0 Å². The zero-order valence-electron chi connectivity index (χ0n) is 17.7. The van der Waals surface area contributed by atoms with Crippen molar-refractivity contribution in [3.8, 4) is 0 Å². The van der Waals surface area contributed by atoms with Gasteiger partial charge in [-0.15, -0.1) is 0 Å². The maximum absolute atomic E-state index is 9.90. The van der Waals surface area contributed by atoms with Gasteiger partial charge in [-0.25, -0.2) is 15.0 Å². The summed E-state index contributed by atoms with van der Waals surface area (Å²) in [5.41, 5.74) is 6.77. The minimum atomic E-state index is -1.79. The molecular formula is C17H32N5NaO12. The molecule has 0 spiro atoms. The Morgan fingerprint density at radius 1 is 0.771 bits per heavy atom. The second-order valence-electron chi connectivity index (χ2n) is 6.70. The summed E-state index contributed by atoms with van der Waals surface area (Å²) >= 11 is 0. The monoisotopic (exact) mass is 521 g/mol. The topological polar surface area (TPSA) is 320 Å². The number of fused-ring (bicyclic) bond motifs is 1. The number of aromatic amines is 1. The van der Waals surface area contributed by atoms with Crippen molar-refractivity contribution < 1.29 is 61.0 Å². The van der Waals surface area contributed by atoms with Crippen molar-refractivity contribution in [2.24, 2.45) is 0 Å². The van der Waals surface area contributed by atoms with E-state index in [0.29, 0.717) is 17.0 Å². The molecule has 0 fully saturated rings. The van der Waals surface area contributed by atoms with Crippen LogP contribution < -0.4 is 5.73 Å². The average molecular weight is 521 g/mol. The molecule has 0 aromatic carbocycles. The van der Waals surface area contributed by atoms with Crippen LogP contribution in [0.5, 0.6) is 0 Å². The molecule has 0 bridgehead atoms. The first kappa shape index (κ1) is 35.7. The van der Waals surface area contributed by atoms with Crippen LogP contribution >= 0.6 is 0 Å². The Bertz CT molecular complexity index is 807. The summed E-state index contributed by atoms with van der Waals surface area (Å²) in [6.45, 7) is -2.21. The number of carbonyl (C=O) groups is 1. The number of aromatic nitrogens is 4. The standard InChI is InChI=1S/C6H14O6.C6H12O6.C5H5N5.Na.H/c2*7-1-3(9)5(11)6(12)4(10)2-8;6-4-3-5(9-1-7-3)10-2-8-4;;/h3-12H,1-2H2;1,3-6,8-12H,2H2;1-2H,(H3,6,7,8,9,10);;/t3-,4-,5-,6-;3-,4+,5+,6+;;;/m10.../s1. The molecule has 198 valence electrons. The predicted octanol–water partition coefficient (Wildman–Crippen LogP) is -7.68. The van der Waals surface area contributed by atoms with Crippen molar-refractivity contribution in [3.63, 3.8) is 0 Å². The van der Waals surface area contributed by atoms with Crippen LogP contribution in [0.3, 0.4) is 0 Å². The number of rotatable bonds is 10. The van der Waals surface area contributed by atoms with Crippen molar-refractivity contribution in [1.82, 2.24) is 19.9 Å². The first-order valence-electron chi connectivity index (χ1n) is 9.58. The number of nitrogen functional groups attached to an aromatic ring is 1. The number of aldehydes is 1. The molecule has 0 aliphatic carbocycles. The Labute approximate surface area is 220 Å². The van der Waals surface area contributed by atoms with Crippen LogP contribution in [0.25, 0.3) is 11.2 Å². The fourth-order valence-corrected chi connectivity index (χ4v) is 2.07. The van der Waals surface area contributed by atoms with E-state index in [9.17, 15) is 4.79 Å². The second kappa shape index (κ2) is 18.8. The molecule has 2 aromatic heterocycles. The van der Waals surface area contributed by atoms with Gasteiger partial charge in [-0.3, -0.25) is 0 Å². The first-order valence-corrected chi connectivity index (χ1v) is 9.58. The van der Waals surface area contributed by atoms with E-state index in [1.807, 2.05) is 0 Å². The molecule has 8 atom stereocenters. The van der Waals surface area contributed by atoms with Crippen molar-refractivity contribution >= 4 is 52.8 Å². The van der Waals surface area contributed by atoms with E-state index in [1.165, 1.54) is 12.7 Å². The third-order valence-corrected chi connectivity index (χ3v) is 4.18. The molecule has 2 rings (SSSR count). The van der Waals surface area contributed by atoms with Crippen LogP contribution in [-0.2, 0) is 4.79 Å². The molecule has 2 aromatic rings. The SMILES string of the molecule is Nc1ncnc2[nH]cnc12.O=C[C@H](O)[C@@H](O)[C@H](O)[C@H](O)CO.OC[C@@H](O)[C@@H](O)[C@H](O)[C@H](O)CO.[NaH]. The van der Waals surface area contributed by atoms with Crippen molar-refractivity contribution in [3.05, 3.63) is 12.7 Å². The van der Waals surface area contributed by atoms with E-state index < -0.39 is 68.7 Å². The molecule has 0 aliphatic rings. The molecule has 0 amide bonds. The van der Waals surface area contributed by atoms with Gasteiger partial charge < -0.3 is 71.7 Å². The van der Waals surface area contributed by atoms with Crippen LogP contribution in [0.1, 0.15) is 0 Å². The summed E-state index contributed by atoms with van der Waals surface area (Å²) in [5.74, 6) is 0.409. The molecule has 0 radical (unpaired) electrons. The summed E-state index contributed by atoms with van der Waals surface area (Å²) in [6, 6.07) is 0. The number of imidazole rings is 1. The van der Waals surface area contributed by atoms with Crippen molar-refractivity contribution in [1.29, 1.82) is 0 Å². The number of nitrogens with one attached hydrogen (secondary N) is 1. The molecule has 18 heteroatoms. The van der Waals surface area contributed by atoms with Gasteiger partial charge in [0.1, 0.15) is 60.7 Å². The van der Waals surface area contributed by atoms with E-state index >= 15 is 0 Å². The van der Waals surface area contributed by atoms with Gasteiger partial charge in [-0.2, -0.15) is 0 Å². The molecule has 0 aliphatic heterocycles. The molecule has 14 N–H and O–H groups in total. The number of anilines is 1. The van der Waals surface area contributed by atoms with E-state index in [4.69, 9.17) is 61.9 Å². The van der Waals surface area contributed by atoms with E-state index in [0.717, 1.165) is 0 Å². The molecular weight excluding hydrogens is 489 g/mol. The van der Waals surface area contributed by atoms with Crippen molar-refractivity contribution in [2.75, 3.05) is 25.6 Å². The average Bonchev–Trinajstić information content (AvgIpc) is 3.36. The third kappa shape index (κ3) is 11.9. The second-order valence-corrected chi connectivity index (χ2v) is 6.70. The van der Waals surface area contributed by atoms with Gasteiger partial charge in [-0.05, 0) is 0 Å². The van der Waals surface area contributed by atoms with Gasteiger partial charge in [-0.1, -0.05) is 0 Å². The molecule has 0 saturated carbocycles. The van der Waals surface area contributed by atoms with E-state index in [2.05, 4.69) is 19.9 Å². The number of aliphatic hydroxyl groups is 11. The molecule has 0 saturated heterocycles. The van der Waals surface area contributed by atoms with E-state index in [1.54, 1.807) is 0 Å². The molecule has 17 nitrogen and oxygen atoms in total. The third-order valence-electron chi connectivity index (χ3n) is 4.18. The number of nitrogens with two attached hydrogens (primary N) is 1. The summed E-state index contributed by atoms with van der Waals surface area (Å²) in [5, 5.41) is 95.7. The number of H-pyrrole nitrogens is 1. The normalized spacial score (nSPS) is 17.6. The fourth-order valence-electron chi connectivity index (χ4n) is 2.07. The zero-order chi connectivity index (χ0) is 26.4. The summed E-state index contributed by atoms with van der Waals surface area (Å²) in [7, 11) is 0. The summed E-state index contributed by atoms with van der Waals surface area (Å²) < 4.78 is 0. The summed E-state index contributed by atoms with van der Waals surface area (Å²) in [6.07, 6.45) is -10.3. The number of carbonyl (C=O) groups excluding carboxylic acids is 1. The number of hydrogen-bond acceptors (Lipinski definition) is 16. The van der Waals surface area contributed by atoms with Gasteiger partial charge in [0.15, 0.2) is 17.8 Å². The Kier molecular flexibility index (Phi) is 19.2. The number of nitrogens with zero attached hydrogens (tertiary/aromatic N) is 3. The molecule has 35 heavy (non-hydrogen) atoms. The Morgan fingerprint density at radius 2 is 1.20 bits per heavy atom. The van der Waals surface area contributed by atoms with Crippen LogP contribution in [0, 0.1) is 0 Å². The van der Waals surface area contributed by atoms with Crippen LogP contribution in [-0.4, -0.2) is 181 Å². The number of aliphatic hydroxyl groups excluding tert-OH is 11. The Hall–Kier alpha value is -1.42. The van der Waals surface area contributed by atoms with Crippen LogP contribution in [0.2, 0.25) is 0 Å². The van der Waals surface area contributed by atoms with E-state index in [-0.39, 0.29) is 35.8 Å². The first-order chi connectivity index (χ1) is 16.0. The minimum absolute atomic E-state index is 0. The van der Waals surface area contributed by atoms with Crippen LogP contribution in [0.15, 0.2) is 12.7 Å². The fraction of sp³-hybridized carbons (Fsp3) is 0.647.